The zero-order valence-electron chi connectivity index (χ0n) is 6.52. The molecule has 1 rings (SSSR count). The van der Waals surface area contributed by atoms with Crippen molar-refractivity contribution >= 4 is 11.6 Å². The van der Waals surface area contributed by atoms with E-state index >= 15 is 0 Å². The Labute approximate surface area is 74.4 Å². The van der Waals surface area contributed by atoms with E-state index in [-0.39, 0.29) is 11.4 Å². The average Bonchev–Trinajstić information content (AvgIpc) is 2.03. The maximum Gasteiger partial charge on any atom is 0.272 e. The van der Waals surface area contributed by atoms with Gasteiger partial charge in [-0.1, -0.05) is 0 Å². The summed E-state index contributed by atoms with van der Waals surface area (Å²) in [7, 11) is 0. The predicted molar refractivity (Wildman–Crippen MR) is 43.4 cm³/mol. The monoisotopic (exact) mass is 191 g/mol. The summed E-state index contributed by atoms with van der Waals surface area (Å²) in [6.45, 7) is 0.838. The maximum atomic E-state index is 12.6. The van der Waals surface area contributed by atoms with E-state index in [9.17, 15) is 8.78 Å². The molecule has 1 nitrogen and oxygen atoms in total. The molecule has 0 saturated carbocycles. The number of hydrogen-bond donors (Lipinski definition) is 0. The molecule has 0 radical (unpaired) electrons. The van der Waals surface area contributed by atoms with Gasteiger partial charge in [-0.3, -0.25) is 4.98 Å². The van der Waals surface area contributed by atoms with Gasteiger partial charge >= 0.3 is 0 Å². The molecule has 0 amide bonds. The quantitative estimate of drug-likeness (QED) is 0.655. The Balaban J connectivity index is 2.93. The second-order valence-electron chi connectivity index (χ2n) is 2.56. The first-order chi connectivity index (χ1) is 5.54. The lowest BCUT2D eigenvalue weighted by Gasteiger charge is -2.09. The van der Waals surface area contributed by atoms with Crippen LogP contribution >= 0.6 is 11.6 Å². The minimum absolute atomic E-state index is 0.0867. The Hall–Kier alpha value is -0.700. The van der Waals surface area contributed by atoms with Crippen LogP contribution in [0.15, 0.2) is 18.3 Å². The third-order valence-electron chi connectivity index (χ3n) is 1.47. The second-order valence-corrected chi connectivity index (χ2v) is 2.83. The summed E-state index contributed by atoms with van der Waals surface area (Å²) in [5.41, 5.74) is 0.515. The van der Waals surface area contributed by atoms with Crippen molar-refractivity contribution in [2.75, 3.05) is 0 Å². The molecule has 0 aliphatic heterocycles. The van der Waals surface area contributed by atoms with Crippen LogP contribution in [0.1, 0.15) is 18.2 Å². The number of halogens is 3. The molecule has 0 aliphatic carbocycles. The first-order valence-electron chi connectivity index (χ1n) is 3.43. The van der Waals surface area contributed by atoms with E-state index in [1.807, 2.05) is 0 Å². The fraction of sp³-hybridized carbons (Fsp3) is 0.375. The third kappa shape index (κ3) is 2.14. The molecular formula is C8H8ClF2N. The fourth-order valence-electron chi connectivity index (χ4n) is 0.763. The van der Waals surface area contributed by atoms with Crippen LogP contribution in [-0.2, 0) is 11.8 Å². The summed E-state index contributed by atoms with van der Waals surface area (Å²) in [4.78, 5) is 3.75. The molecule has 0 unspecified atom stereocenters. The Bertz CT molecular complexity index is 253. The smallest absolute Gasteiger partial charge is 0.260 e. The Morgan fingerprint density at radius 1 is 1.50 bits per heavy atom. The van der Waals surface area contributed by atoms with E-state index in [0.29, 0.717) is 5.69 Å². The van der Waals surface area contributed by atoms with Gasteiger partial charge < -0.3 is 0 Å². The topological polar surface area (TPSA) is 12.9 Å². The van der Waals surface area contributed by atoms with Gasteiger partial charge in [0.15, 0.2) is 0 Å². The zero-order chi connectivity index (χ0) is 9.19. The maximum absolute atomic E-state index is 12.6. The van der Waals surface area contributed by atoms with Gasteiger partial charge in [-0.25, -0.2) is 8.78 Å². The van der Waals surface area contributed by atoms with E-state index in [0.717, 1.165) is 13.1 Å². The largest absolute Gasteiger partial charge is 0.272 e. The van der Waals surface area contributed by atoms with Crippen molar-refractivity contribution in [2.24, 2.45) is 0 Å². The first kappa shape index (κ1) is 9.39. The van der Waals surface area contributed by atoms with Gasteiger partial charge in [0.25, 0.3) is 5.92 Å². The molecule has 4 heteroatoms. The Morgan fingerprint density at radius 2 is 2.17 bits per heavy atom. The molecule has 1 aromatic heterocycles. The molecule has 1 aromatic rings. The highest BCUT2D eigenvalue weighted by Crippen LogP contribution is 2.25. The van der Waals surface area contributed by atoms with E-state index in [1.54, 1.807) is 0 Å². The molecule has 0 N–H and O–H groups in total. The van der Waals surface area contributed by atoms with Crippen LogP contribution in [-0.4, -0.2) is 4.98 Å². The van der Waals surface area contributed by atoms with Crippen molar-refractivity contribution in [2.45, 2.75) is 18.7 Å². The highest BCUT2D eigenvalue weighted by Gasteiger charge is 2.24. The van der Waals surface area contributed by atoms with Crippen molar-refractivity contribution < 1.29 is 8.78 Å². The highest BCUT2D eigenvalue weighted by molar-refractivity contribution is 6.16. The predicted octanol–water partition coefficient (Wildman–Crippen LogP) is 2.93. The van der Waals surface area contributed by atoms with E-state index < -0.39 is 5.92 Å². The zero-order valence-corrected chi connectivity index (χ0v) is 7.28. The van der Waals surface area contributed by atoms with Gasteiger partial charge in [-0.15, -0.1) is 11.6 Å². The molecule has 0 spiro atoms. The molecule has 1 heterocycles. The van der Waals surface area contributed by atoms with Crippen LogP contribution in [0, 0.1) is 0 Å². The number of aromatic nitrogens is 1. The van der Waals surface area contributed by atoms with Gasteiger partial charge in [0.2, 0.25) is 0 Å². The molecular weight excluding hydrogens is 184 g/mol. The molecule has 0 fully saturated rings. The van der Waals surface area contributed by atoms with Crippen molar-refractivity contribution in [3.05, 3.63) is 29.6 Å². The summed E-state index contributed by atoms with van der Waals surface area (Å²) < 4.78 is 25.2. The Morgan fingerprint density at radius 3 is 2.50 bits per heavy atom. The highest BCUT2D eigenvalue weighted by atomic mass is 35.5. The van der Waals surface area contributed by atoms with Crippen molar-refractivity contribution in [3.63, 3.8) is 0 Å². The molecule has 66 valence electrons. The SMILES string of the molecule is CC(F)(F)c1ccc(CCl)nc1. The fourth-order valence-corrected chi connectivity index (χ4v) is 0.921. The lowest BCUT2D eigenvalue weighted by molar-refractivity contribution is 0.0171. The van der Waals surface area contributed by atoms with E-state index in [2.05, 4.69) is 4.98 Å². The van der Waals surface area contributed by atoms with Gasteiger partial charge in [0, 0.05) is 18.7 Å². The summed E-state index contributed by atoms with van der Waals surface area (Å²) in [5.74, 6) is -2.58. The van der Waals surface area contributed by atoms with E-state index in [4.69, 9.17) is 11.6 Å². The number of nitrogens with zero attached hydrogens (tertiary/aromatic N) is 1. The minimum atomic E-state index is -2.82. The van der Waals surface area contributed by atoms with Gasteiger partial charge in [0.05, 0.1) is 11.6 Å². The summed E-state index contributed by atoms with van der Waals surface area (Å²) in [5, 5.41) is 0. The summed E-state index contributed by atoms with van der Waals surface area (Å²) >= 11 is 5.44. The lowest BCUT2D eigenvalue weighted by Crippen LogP contribution is -2.07. The summed E-state index contributed by atoms with van der Waals surface area (Å²) in [6, 6.07) is 2.84. The van der Waals surface area contributed by atoms with Gasteiger partial charge in [0.1, 0.15) is 0 Å². The Kier molecular flexibility index (Phi) is 2.62. The van der Waals surface area contributed by atoms with Crippen molar-refractivity contribution in [3.8, 4) is 0 Å². The molecule has 0 saturated heterocycles. The normalized spacial score (nSPS) is 11.7. The van der Waals surface area contributed by atoms with Crippen LogP contribution in [0.25, 0.3) is 0 Å². The molecule has 0 bridgehead atoms. The molecule has 0 aliphatic rings. The first-order valence-corrected chi connectivity index (χ1v) is 3.96. The lowest BCUT2D eigenvalue weighted by atomic mass is 10.2. The van der Waals surface area contributed by atoms with Crippen molar-refractivity contribution in [1.82, 2.24) is 4.98 Å². The van der Waals surface area contributed by atoms with Crippen LogP contribution in [0.2, 0.25) is 0 Å². The third-order valence-corrected chi connectivity index (χ3v) is 1.74. The number of hydrogen-bond acceptors (Lipinski definition) is 1. The average molecular weight is 192 g/mol. The number of rotatable bonds is 2. The molecule has 0 aromatic carbocycles. The van der Waals surface area contributed by atoms with Gasteiger partial charge in [-0.2, -0.15) is 0 Å². The van der Waals surface area contributed by atoms with Crippen molar-refractivity contribution in [1.29, 1.82) is 0 Å². The summed E-state index contributed by atoms with van der Waals surface area (Å²) in [6.07, 6.45) is 1.15. The van der Waals surface area contributed by atoms with Crippen LogP contribution < -0.4 is 0 Å². The molecule has 0 atom stereocenters. The number of alkyl halides is 3. The second kappa shape index (κ2) is 3.35. The molecule has 12 heavy (non-hydrogen) atoms. The van der Waals surface area contributed by atoms with Crippen LogP contribution in [0.5, 0.6) is 0 Å². The van der Waals surface area contributed by atoms with Crippen LogP contribution in [0.3, 0.4) is 0 Å². The van der Waals surface area contributed by atoms with Gasteiger partial charge in [-0.05, 0) is 12.1 Å². The van der Waals surface area contributed by atoms with E-state index in [1.165, 1.54) is 12.1 Å². The van der Waals surface area contributed by atoms with Crippen LogP contribution in [0.4, 0.5) is 8.78 Å². The minimum Gasteiger partial charge on any atom is -0.260 e. The number of pyridine rings is 1. The standard InChI is InChI=1S/C8H8ClF2N/c1-8(10,11)6-2-3-7(4-9)12-5-6/h2-3,5H,4H2,1H3.